The topological polar surface area (TPSA) is 87.7 Å². The van der Waals surface area contributed by atoms with Crippen molar-refractivity contribution in [2.24, 2.45) is 0 Å². The average molecular weight is 425 g/mol. The molecule has 2 N–H and O–H groups in total. The maximum atomic E-state index is 13.1. The maximum absolute atomic E-state index is 13.1. The molecule has 9 heteroatoms. The number of amides is 3. The molecule has 0 saturated carbocycles. The molecule has 0 spiro atoms. The zero-order valence-electron chi connectivity index (χ0n) is 15.2. The molecule has 146 valence electrons. The van der Waals surface area contributed by atoms with Gasteiger partial charge in [0.2, 0.25) is 5.91 Å². The highest BCUT2D eigenvalue weighted by Gasteiger charge is 2.39. The standard InChI is InChI=1S/C20H15N3O4S2/c1-27-12-8-6-11(7-9-12)21-15(24)10-23-14-5-3-2-4-13(14)16(19(23)26)17-18(25)22-20(28)29-17/h2-9H,10H2,1H3,(H,21,24)(H,22,25,28)/b17-16+. The van der Waals surface area contributed by atoms with Crippen LogP contribution in [-0.2, 0) is 14.4 Å². The van der Waals surface area contributed by atoms with E-state index in [0.717, 1.165) is 11.8 Å². The van der Waals surface area contributed by atoms with Crippen molar-refractivity contribution in [2.75, 3.05) is 23.9 Å². The molecule has 4 rings (SSSR count). The van der Waals surface area contributed by atoms with E-state index < -0.39 is 11.8 Å². The van der Waals surface area contributed by atoms with Gasteiger partial charge < -0.3 is 15.4 Å². The third-order valence-corrected chi connectivity index (χ3v) is 5.68. The summed E-state index contributed by atoms with van der Waals surface area (Å²) in [7, 11) is 1.56. The number of nitrogens with zero attached hydrogens (tertiary/aromatic N) is 1. The minimum Gasteiger partial charge on any atom is -0.497 e. The zero-order chi connectivity index (χ0) is 20.5. The zero-order valence-corrected chi connectivity index (χ0v) is 16.9. The molecule has 3 amide bonds. The van der Waals surface area contributed by atoms with Crippen molar-refractivity contribution >= 4 is 63.0 Å². The van der Waals surface area contributed by atoms with Crippen molar-refractivity contribution in [1.29, 1.82) is 0 Å². The van der Waals surface area contributed by atoms with E-state index in [1.54, 1.807) is 55.6 Å². The van der Waals surface area contributed by atoms with Crippen LogP contribution in [0.5, 0.6) is 5.75 Å². The fraction of sp³-hybridized carbons (Fsp3) is 0.100. The summed E-state index contributed by atoms with van der Waals surface area (Å²) in [6, 6.07) is 13.9. The van der Waals surface area contributed by atoms with E-state index in [2.05, 4.69) is 10.6 Å². The predicted molar refractivity (Wildman–Crippen MR) is 116 cm³/mol. The summed E-state index contributed by atoms with van der Waals surface area (Å²) in [5, 5.41) is 5.29. The van der Waals surface area contributed by atoms with E-state index in [9.17, 15) is 14.4 Å². The van der Waals surface area contributed by atoms with Gasteiger partial charge >= 0.3 is 0 Å². The quantitative estimate of drug-likeness (QED) is 0.578. The SMILES string of the molecule is COc1ccc(NC(=O)CN2C(=O)/C(=C3/SC(=S)NC3=O)c3ccccc32)cc1. The second-order valence-corrected chi connectivity index (χ2v) is 7.92. The summed E-state index contributed by atoms with van der Waals surface area (Å²) < 4.78 is 5.40. The summed E-state index contributed by atoms with van der Waals surface area (Å²) in [5.74, 6) is -0.488. The molecule has 2 aromatic rings. The van der Waals surface area contributed by atoms with E-state index >= 15 is 0 Å². The van der Waals surface area contributed by atoms with Gasteiger partial charge in [-0.2, -0.15) is 0 Å². The van der Waals surface area contributed by atoms with Crippen LogP contribution in [0.25, 0.3) is 5.57 Å². The molecule has 29 heavy (non-hydrogen) atoms. The Kier molecular flexibility index (Phi) is 5.08. The number of hydrogen-bond acceptors (Lipinski definition) is 6. The molecule has 0 aromatic heterocycles. The van der Waals surface area contributed by atoms with Gasteiger partial charge in [-0.1, -0.05) is 42.2 Å². The number of rotatable bonds is 4. The van der Waals surface area contributed by atoms with E-state index in [1.807, 2.05) is 0 Å². The van der Waals surface area contributed by atoms with Gasteiger partial charge in [-0.05, 0) is 30.3 Å². The molecule has 0 unspecified atom stereocenters. The molecule has 2 aromatic carbocycles. The van der Waals surface area contributed by atoms with Crippen LogP contribution in [0.3, 0.4) is 0 Å². The number of para-hydroxylation sites is 1. The van der Waals surface area contributed by atoms with Gasteiger partial charge in [0.15, 0.2) is 0 Å². The molecule has 0 aliphatic carbocycles. The Hall–Kier alpha value is -3.17. The highest BCUT2D eigenvalue weighted by molar-refractivity contribution is 8.27. The van der Waals surface area contributed by atoms with Gasteiger partial charge in [0, 0.05) is 11.3 Å². The Morgan fingerprint density at radius 3 is 2.55 bits per heavy atom. The highest BCUT2D eigenvalue weighted by Crippen LogP contribution is 2.42. The molecule has 2 heterocycles. The highest BCUT2D eigenvalue weighted by atomic mass is 32.2. The summed E-state index contributed by atoms with van der Waals surface area (Å²) in [6.45, 7) is -0.185. The van der Waals surface area contributed by atoms with Gasteiger partial charge in [-0.25, -0.2) is 0 Å². The lowest BCUT2D eigenvalue weighted by Crippen LogP contribution is -2.35. The number of nitrogens with one attached hydrogen (secondary N) is 2. The van der Waals surface area contributed by atoms with Crippen LogP contribution in [0.15, 0.2) is 53.4 Å². The first-order chi connectivity index (χ1) is 14.0. The Morgan fingerprint density at radius 1 is 1.17 bits per heavy atom. The lowest BCUT2D eigenvalue weighted by molar-refractivity contribution is -0.118. The lowest BCUT2D eigenvalue weighted by Gasteiger charge is -2.16. The number of methoxy groups -OCH3 is 1. The number of benzene rings is 2. The van der Waals surface area contributed by atoms with Crippen molar-refractivity contribution in [3.05, 3.63) is 59.0 Å². The number of carbonyl (C=O) groups excluding carboxylic acids is 3. The van der Waals surface area contributed by atoms with Gasteiger partial charge in [0.25, 0.3) is 11.8 Å². The number of ether oxygens (including phenoxy) is 1. The summed E-state index contributed by atoms with van der Waals surface area (Å²) in [6.07, 6.45) is 0. The van der Waals surface area contributed by atoms with E-state index in [0.29, 0.717) is 27.0 Å². The molecule has 0 radical (unpaired) electrons. The number of hydrogen-bond donors (Lipinski definition) is 2. The Morgan fingerprint density at radius 2 is 1.90 bits per heavy atom. The van der Waals surface area contributed by atoms with Gasteiger partial charge in [0.1, 0.15) is 16.6 Å². The fourth-order valence-corrected chi connectivity index (χ4v) is 4.27. The first-order valence-corrected chi connectivity index (χ1v) is 9.83. The lowest BCUT2D eigenvalue weighted by atomic mass is 10.1. The fourth-order valence-electron chi connectivity index (χ4n) is 3.15. The number of thioether (sulfide) groups is 1. The summed E-state index contributed by atoms with van der Waals surface area (Å²) in [4.78, 5) is 39.5. The third kappa shape index (κ3) is 3.62. The molecule has 0 atom stereocenters. The normalized spacial score (nSPS) is 18.0. The smallest absolute Gasteiger partial charge is 0.264 e. The number of fused-ring (bicyclic) bond motifs is 1. The van der Waals surface area contributed by atoms with Crippen molar-refractivity contribution in [3.63, 3.8) is 0 Å². The molecule has 2 aliphatic rings. The monoisotopic (exact) mass is 425 g/mol. The summed E-state index contributed by atoms with van der Waals surface area (Å²) in [5.41, 5.74) is 2.04. The first-order valence-electron chi connectivity index (χ1n) is 8.60. The van der Waals surface area contributed by atoms with E-state index in [-0.39, 0.29) is 22.9 Å². The largest absolute Gasteiger partial charge is 0.497 e. The third-order valence-electron chi connectivity index (χ3n) is 4.44. The van der Waals surface area contributed by atoms with Crippen molar-refractivity contribution in [2.45, 2.75) is 0 Å². The minimum absolute atomic E-state index is 0.185. The molecule has 0 bridgehead atoms. The van der Waals surface area contributed by atoms with Crippen molar-refractivity contribution in [3.8, 4) is 5.75 Å². The number of anilines is 2. The molecule has 1 saturated heterocycles. The minimum atomic E-state index is -0.404. The molecule has 1 fully saturated rings. The van der Waals surface area contributed by atoms with Gasteiger partial charge in [-0.15, -0.1) is 0 Å². The van der Waals surface area contributed by atoms with Crippen LogP contribution in [0.2, 0.25) is 0 Å². The molecular weight excluding hydrogens is 410 g/mol. The average Bonchev–Trinajstić information content (AvgIpc) is 3.18. The van der Waals surface area contributed by atoms with Crippen LogP contribution in [0.1, 0.15) is 5.56 Å². The van der Waals surface area contributed by atoms with Crippen LogP contribution < -0.4 is 20.3 Å². The Labute approximate surface area is 176 Å². The molecule has 2 aliphatic heterocycles. The van der Waals surface area contributed by atoms with Crippen LogP contribution in [0.4, 0.5) is 11.4 Å². The van der Waals surface area contributed by atoms with Crippen molar-refractivity contribution in [1.82, 2.24) is 5.32 Å². The van der Waals surface area contributed by atoms with Gasteiger partial charge in [0.05, 0.1) is 23.3 Å². The second kappa shape index (κ2) is 7.69. The Bertz CT molecular complexity index is 1080. The van der Waals surface area contributed by atoms with Crippen molar-refractivity contribution < 1.29 is 19.1 Å². The van der Waals surface area contributed by atoms with Crippen LogP contribution in [0, 0.1) is 0 Å². The number of carbonyl (C=O) groups is 3. The van der Waals surface area contributed by atoms with E-state index in [4.69, 9.17) is 17.0 Å². The first kappa shape index (κ1) is 19.2. The maximum Gasteiger partial charge on any atom is 0.264 e. The molecular formula is C20H15N3O4S2. The molecule has 7 nitrogen and oxygen atoms in total. The van der Waals surface area contributed by atoms with Gasteiger partial charge in [-0.3, -0.25) is 19.3 Å². The summed E-state index contributed by atoms with van der Waals surface area (Å²) >= 11 is 6.09. The van der Waals surface area contributed by atoms with Crippen LogP contribution in [-0.4, -0.2) is 35.7 Å². The van der Waals surface area contributed by atoms with Crippen LogP contribution >= 0.6 is 24.0 Å². The number of thiocarbonyl (C=S) groups is 1. The second-order valence-electron chi connectivity index (χ2n) is 6.23. The predicted octanol–water partition coefficient (Wildman–Crippen LogP) is 2.54. The van der Waals surface area contributed by atoms with E-state index in [1.165, 1.54) is 4.90 Å². The Balaban J connectivity index is 1.60.